The number of aromatic nitrogens is 4. The summed E-state index contributed by atoms with van der Waals surface area (Å²) < 4.78 is 8.81. The van der Waals surface area contributed by atoms with E-state index in [0.717, 1.165) is 30.2 Å². The van der Waals surface area contributed by atoms with E-state index in [4.69, 9.17) is 4.74 Å². The molecule has 2 heterocycles. The van der Waals surface area contributed by atoms with Gasteiger partial charge >= 0.3 is 0 Å². The highest BCUT2D eigenvalue weighted by molar-refractivity contribution is 5.39. The van der Waals surface area contributed by atoms with Gasteiger partial charge in [0.1, 0.15) is 0 Å². The van der Waals surface area contributed by atoms with Crippen molar-refractivity contribution in [2.45, 2.75) is 26.4 Å². The van der Waals surface area contributed by atoms with Gasteiger partial charge in [0, 0.05) is 38.0 Å². The number of aryl methyl sites for hydroxylation is 2. The molecule has 0 amide bonds. The highest BCUT2D eigenvalue weighted by Gasteiger charge is 2.05. The lowest BCUT2D eigenvalue weighted by molar-refractivity contribution is 0.373. The summed E-state index contributed by atoms with van der Waals surface area (Å²) in [6, 6.07) is 1.87. The smallest absolute Gasteiger partial charge is 0.213 e. The number of nitrogens with zero attached hydrogens (tertiary/aromatic N) is 4. The van der Waals surface area contributed by atoms with Crippen LogP contribution in [0.4, 0.5) is 5.82 Å². The Morgan fingerprint density at radius 3 is 2.94 bits per heavy atom. The summed E-state index contributed by atoms with van der Waals surface area (Å²) in [4.78, 5) is 0. The first-order chi connectivity index (χ1) is 8.72. The van der Waals surface area contributed by atoms with Crippen LogP contribution in [0.15, 0.2) is 18.5 Å². The van der Waals surface area contributed by atoms with E-state index in [9.17, 15) is 0 Å². The lowest BCUT2D eigenvalue weighted by Gasteiger charge is -1.99. The number of rotatable bonds is 6. The zero-order chi connectivity index (χ0) is 13.0. The third kappa shape index (κ3) is 2.82. The Labute approximate surface area is 107 Å². The maximum atomic E-state index is 5.16. The van der Waals surface area contributed by atoms with E-state index in [-0.39, 0.29) is 0 Å². The average molecular weight is 249 g/mol. The summed E-state index contributed by atoms with van der Waals surface area (Å²) in [5.41, 5.74) is 1.15. The molecule has 6 heteroatoms. The molecule has 6 nitrogen and oxygen atoms in total. The molecule has 0 spiro atoms. The predicted molar refractivity (Wildman–Crippen MR) is 69.6 cm³/mol. The SMILES string of the molecule is CCCn1cc(CNc2cc(OC)n(C)n2)cn1. The Kier molecular flexibility index (Phi) is 3.86. The summed E-state index contributed by atoms with van der Waals surface area (Å²) in [7, 11) is 3.48. The number of ether oxygens (including phenoxy) is 1. The standard InChI is InChI=1S/C12H19N5O/c1-4-5-17-9-10(8-14-17)7-13-11-6-12(18-3)16(2)15-11/h6,8-9H,4-5,7H2,1-3H3,(H,13,15). The Balaban J connectivity index is 1.93. The highest BCUT2D eigenvalue weighted by atomic mass is 16.5. The molecule has 0 bridgehead atoms. The molecule has 0 atom stereocenters. The summed E-state index contributed by atoms with van der Waals surface area (Å²) in [6.45, 7) is 3.81. The first-order valence-electron chi connectivity index (χ1n) is 6.06. The van der Waals surface area contributed by atoms with Gasteiger partial charge in [-0.2, -0.15) is 10.2 Å². The van der Waals surface area contributed by atoms with Crippen molar-refractivity contribution in [3.63, 3.8) is 0 Å². The van der Waals surface area contributed by atoms with Crippen molar-refractivity contribution in [2.75, 3.05) is 12.4 Å². The fourth-order valence-electron chi connectivity index (χ4n) is 1.77. The maximum Gasteiger partial charge on any atom is 0.213 e. The van der Waals surface area contributed by atoms with E-state index < -0.39 is 0 Å². The number of hydrogen-bond donors (Lipinski definition) is 1. The molecule has 0 aliphatic rings. The summed E-state index contributed by atoms with van der Waals surface area (Å²) in [6.07, 6.45) is 5.02. The third-order valence-corrected chi connectivity index (χ3v) is 2.66. The average Bonchev–Trinajstić information content (AvgIpc) is 2.94. The molecule has 0 aromatic carbocycles. The second-order valence-corrected chi connectivity index (χ2v) is 4.16. The minimum absolute atomic E-state index is 0.712. The summed E-state index contributed by atoms with van der Waals surface area (Å²) >= 11 is 0. The van der Waals surface area contributed by atoms with Gasteiger partial charge < -0.3 is 10.1 Å². The van der Waals surface area contributed by atoms with Gasteiger partial charge in [-0.1, -0.05) is 6.92 Å². The lowest BCUT2D eigenvalue weighted by atomic mass is 10.3. The first kappa shape index (κ1) is 12.5. The fourth-order valence-corrected chi connectivity index (χ4v) is 1.77. The van der Waals surface area contributed by atoms with Crippen LogP contribution in [-0.4, -0.2) is 26.7 Å². The Bertz CT molecular complexity index is 502. The third-order valence-electron chi connectivity index (χ3n) is 2.66. The van der Waals surface area contributed by atoms with Crippen LogP contribution < -0.4 is 10.1 Å². The number of methoxy groups -OCH3 is 1. The Hall–Kier alpha value is -1.98. The second-order valence-electron chi connectivity index (χ2n) is 4.16. The molecule has 1 N–H and O–H groups in total. The van der Waals surface area contributed by atoms with Crippen LogP contribution in [0.25, 0.3) is 0 Å². The molecule has 0 radical (unpaired) electrons. The van der Waals surface area contributed by atoms with Gasteiger partial charge in [-0.05, 0) is 6.42 Å². The zero-order valence-corrected chi connectivity index (χ0v) is 11.1. The van der Waals surface area contributed by atoms with E-state index in [1.807, 2.05) is 24.0 Å². The van der Waals surface area contributed by atoms with E-state index in [0.29, 0.717) is 6.54 Å². The largest absolute Gasteiger partial charge is 0.481 e. The molecule has 2 rings (SSSR count). The van der Waals surface area contributed by atoms with Crippen LogP contribution in [0, 0.1) is 0 Å². The molecule has 18 heavy (non-hydrogen) atoms. The number of nitrogens with one attached hydrogen (secondary N) is 1. The van der Waals surface area contributed by atoms with Crippen molar-refractivity contribution in [1.29, 1.82) is 0 Å². The molecule has 0 fully saturated rings. The molecular formula is C12H19N5O. The van der Waals surface area contributed by atoms with Crippen LogP contribution in [0.1, 0.15) is 18.9 Å². The number of hydrogen-bond acceptors (Lipinski definition) is 4. The lowest BCUT2D eigenvalue weighted by Crippen LogP contribution is -2.00. The van der Waals surface area contributed by atoms with Crippen molar-refractivity contribution >= 4 is 5.82 Å². The summed E-state index contributed by atoms with van der Waals surface area (Å²) in [5.74, 6) is 1.54. The Morgan fingerprint density at radius 1 is 1.44 bits per heavy atom. The summed E-state index contributed by atoms with van der Waals surface area (Å²) in [5, 5.41) is 11.8. The van der Waals surface area contributed by atoms with E-state index >= 15 is 0 Å². The highest BCUT2D eigenvalue weighted by Crippen LogP contribution is 2.15. The van der Waals surface area contributed by atoms with E-state index in [1.54, 1.807) is 11.8 Å². The monoisotopic (exact) mass is 249 g/mol. The molecule has 0 saturated carbocycles. The number of anilines is 1. The van der Waals surface area contributed by atoms with Crippen LogP contribution in [0.3, 0.4) is 0 Å². The fraction of sp³-hybridized carbons (Fsp3) is 0.500. The van der Waals surface area contributed by atoms with Gasteiger partial charge in [-0.3, -0.25) is 4.68 Å². The van der Waals surface area contributed by atoms with Crippen molar-refractivity contribution in [3.05, 3.63) is 24.0 Å². The van der Waals surface area contributed by atoms with Crippen LogP contribution in [-0.2, 0) is 20.1 Å². The van der Waals surface area contributed by atoms with Crippen molar-refractivity contribution in [3.8, 4) is 5.88 Å². The molecule has 2 aromatic rings. The van der Waals surface area contributed by atoms with Crippen LogP contribution in [0.2, 0.25) is 0 Å². The molecule has 0 aliphatic carbocycles. The maximum absolute atomic E-state index is 5.16. The van der Waals surface area contributed by atoms with Gasteiger partial charge in [0.05, 0.1) is 13.3 Å². The normalized spacial score (nSPS) is 10.6. The molecule has 0 unspecified atom stereocenters. The van der Waals surface area contributed by atoms with Crippen LogP contribution in [0.5, 0.6) is 5.88 Å². The minimum atomic E-state index is 0.712. The first-order valence-corrected chi connectivity index (χ1v) is 6.06. The van der Waals surface area contributed by atoms with Crippen LogP contribution >= 0.6 is 0 Å². The van der Waals surface area contributed by atoms with Gasteiger partial charge in [0.15, 0.2) is 5.82 Å². The van der Waals surface area contributed by atoms with Gasteiger partial charge in [0.2, 0.25) is 5.88 Å². The second kappa shape index (κ2) is 5.57. The molecular weight excluding hydrogens is 230 g/mol. The molecule has 0 saturated heterocycles. The predicted octanol–water partition coefficient (Wildman–Crippen LogP) is 1.65. The molecule has 98 valence electrons. The van der Waals surface area contributed by atoms with E-state index in [2.05, 4.69) is 28.6 Å². The van der Waals surface area contributed by atoms with Crippen molar-refractivity contribution in [1.82, 2.24) is 19.6 Å². The van der Waals surface area contributed by atoms with Gasteiger partial charge in [-0.25, -0.2) is 4.68 Å². The van der Waals surface area contributed by atoms with Gasteiger partial charge in [0.25, 0.3) is 0 Å². The van der Waals surface area contributed by atoms with Crippen molar-refractivity contribution in [2.24, 2.45) is 7.05 Å². The van der Waals surface area contributed by atoms with Gasteiger partial charge in [-0.15, -0.1) is 0 Å². The molecule has 0 aliphatic heterocycles. The quantitative estimate of drug-likeness (QED) is 0.845. The molecule has 2 aromatic heterocycles. The zero-order valence-electron chi connectivity index (χ0n) is 11.1. The van der Waals surface area contributed by atoms with E-state index in [1.165, 1.54) is 0 Å². The topological polar surface area (TPSA) is 56.9 Å². The van der Waals surface area contributed by atoms with Crippen molar-refractivity contribution < 1.29 is 4.74 Å². The Morgan fingerprint density at radius 2 is 2.28 bits per heavy atom. The minimum Gasteiger partial charge on any atom is -0.481 e.